The van der Waals surface area contributed by atoms with Gasteiger partial charge < -0.3 is 34.2 Å². The highest BCUT2D eigenvalue weighted by Crippen LogP contribution is 2.43. The number of fused-ring (bicyclic) bond motifs is 1. The second kappa shape index (κ2) is 19.9. The molecule has 0 spiro atoms. The van der Waals surface area contributed by atoms with Crippen LogP contribution in [0.4, 0.5) is 9.52 Å². The Bertz CT molecular complexity index is 2580. The van der Waals surface area contributed by atoms with Gasteiger partial charge in [-0.2, -0.15) is 0 Å². The van der Waals surface area contributed by atoms with Crippen LogP contribution in [0.25, 0.3) is 6.08 Å². The molecule has 8 rings (SSSR count). The Morgan fingerprint density at radius 3 is 2.20 bits per heavy atom. The van der Waals surface area contributed by atoms with Crippen LogP contribution in [0.15, 0.2) is 154 Å². The molecule has 0 bridgehead atoms. The number of nitrogens with zero attached hydrogens (tertiary/aromatic N) is 4. The summed E-state index contributed by atoms with van der Waals surface area (Å²) in [6, 6.07) is 37.5. The van der Waals surface area contributed by atoms with E-state index >= 15 is 0 Å². The minimum atomic E-state index is -1.03. The topological polar surface area (TPSA) is 167 Å². The number of halogens is 1. The maximum atomic E-state index is 14.1. The molecule has 2 aliphatic rings. The Hall–Kier alpha value is -7.24. The number of hydrogen-bond donors (Lipinski definition) is 2. The molecule has 0 aliphatic carbocycles. The summed E-state index contributed by atoms with van der Waals surface area (Å²) in [6.45, 7) is -0.955. The SMILES string of the molecule is CO/N=C(\C(=O)N[C@@H]1C(=O)N2C(C(=O)OCc3ccc(OC)cc3)=C(/C=C/c3cc(OCCF)no3)CS[C@H]12)c1csc(NC(c2ccccc2)(c2ccccc2)c2ccccc2)n1. The fourth-order valence-electron chi connectivity index (χ4n) is 7.33. The monoisotopic (exact) mass is 900 g/mol. The second-order valence-electron chi connectivity index (χ2n) is 14.2. The van der Waals surface area contributed by atoms with Gasteiger partial charge >= 0.3 is 5.97 Å². The van der Waals surface area contributed by atoms with E-state index in [2.05, 4.69) is 57.3 Å². The number of ether oxygens (including phenoxy) is 3. The van der Waals surface area contributed by atoms with E-state index in [1.165, 1.54) is 41.2 Å². The summed E-state index contributed by atoms with van der Waals surface area (Å²) in [4.78, 5) is 53.3. The average molecular weight is 901 g/mol. The first-order valence-corrected chi connectivity index (χ1v) is 21.9. The molecule has 6 aromatic rings. The lowest BCUT2D eigenvalue weighted by atomic mass is 9.77. The summed E-state index contributed by atoms with van der Waals surface area (Å²) < 4.78 is 34.1. The van der Waals surface area contributed by atoms with Gasteiger partial charge in [0, 0.05) is 17.2 Å². The Morgan fingerprint density at radius 1 is 0.938 bits per heavy atom. The lowest BCUT2D eigenvalue weighted by molar-refractivity contribution is -0.153. The third kappa shape index (κ3) is 9.12. The number of benzene rings is 4. The van der Waals surface area contributed by atoms with Crippen LogP contribution in [-0.2, 0) is 36.1 Å². The zero-order valence-corrected chi connectivity index (χ0v) is 36.1. The molecular weight excluding hydrogens is 860 g/mol. The summed E-state index contributed by atoms with van der Waals surface area (Å²) in [5, 5.41) is 15.9. The predicted octanol–water partition coefficient (Wildman–Crippen LogP) is 7.35. The molecule has 64 heavy (non-hydrogen) atoms. The number of anilines is 1. The highest BCUT2D eigenvalue weighted by Gasteiger charge is 2.54. The summed E-state index contributed by atoms with van der Waals surface area (Å²) in [6.07, 6.45) is 3.17. The van der Waals surface area contributed by atoms with Crippen LogP contribution in [0.1, 0.15) is 33.7 Å². The first-order valence-electron chi connectivity index (χ1n) is 20.0. The van der Waals surface area contributed by atoms with Crippen molar-refractivity contribution in [2.45, 2.75) is 23.6 Å². The van der Waals surface area contributed by atoms with Crippen LogP contribution in [0, 0.1) is 0 Å². The predicted molar refractivity (Wildman–Crippen MR) is 240 cm³/mol. The Morgan fingerprint density at radius 2 is 1.59 bits per heavy atom. The van der Waals surface area contributed by atoms with Crippen molar-refractivity contribution in [3.8, 4) is 11.6 Å². The van der Waals surface area contributed by atoms with Crippen molar-refractivity contribution in [2.24, 2.45) is 5.16 Å². The number of methoxy groups -OCH3 is 1. The van der Waals surface area contributed by atoms with Gasteiger partial charge in [-0.05, 0) is 51.2 Å². The lowest BCUT2D eigenvalue weighted by Gasteiger charge is -2.49. The van der Waals surface area contributed by atoms with E-state index in [-0.39, 0.29) is 47.7 Å². The van der Waals surface area contributed by atoms with E-state index in [0.717, 1.165) is 16.7 Å². The zero-order chi connectivity index (χ0) is 44.5. The number of allylic oxidation sites excluding steroid dienone is 1. The molecule has 4 heterocycles. The van der Waals surface area contributed by atoms with Gasteiger partial charge in [0.05, 0.1) is 7.11 Å². The van der Waals surface area contributed by atoms with Gasteiger partial charge in [0.25, 0.3) is 17.7 Å². The van der Waals surface area contributed by atoms with E-state index < -0.39 is 41.4 Å². The number of rotatable bonds is 18. The molecule has 2 aromatic heterocycles. The van der Waals surface area contributed by atoms with Crippen molar-refractivity contribution in [3.63, 3.8) is 0 Å². The van der Waals surface area contributed by atoms with Crippen molar-refractivity contribution in [1.29, 1.82) is 0 Å². The van der Waals surface area contributed by atoms with Crippen LogP contribution in [0.3, 0.4) is 0 Å². The van der Waals surface area contributed by atoms with Crippen molar-refractivity contribution in [3.05, 3.63) is 178 Å². The Balaban J connectivity index is 1.03. The molecule has 2 amide bonds. The highest BCUT2D eigenvalue weighted by atomic mass is 32.2. The molecule has 2 N–H and O–H groups in total. The normalized spacial score (nSPS) is 16.2. The van der Waals surface area contributed by atoms with Crippen LogP contribution >= 0.6 is 23.1 Å². The molecule has 4 aromatic carbocycles. The molecule has 14 nitrogen and oxygen atoms in total. The number of amides is 2. The Labute approximate surface area is 375 Å². The number of thioether (sulfide) groups is 1. The van der Waals surface area contributed by atoms with Gasteiger partial charge in [-0.25, -0.2) is 14.2 Å². The fourth-order valence-corrected chi connectivity index (χ4v) is 9.40. The molecule has 17 heteroatoms. The number of carbonyl (C=O) groups is 3. The van der Waals surface area contributed by atoms with Crippen molar-refractivity contribution < 1.29 is 42.3 Å². The third-order valence-electron chi connectivity index (χ3n) is 10.3. The number of hydrogen-bond acceptors (Lipinski definition) is 14. The van der Waals surface area contributed by atoms with E-state index in [4.69, 9.17) is 28.6 Å². The van der Waals surface area contributed by atoms with Crippen LogP contribution in [0.2, 0.25) is 0 Å². The van der Waals surface area contributed by atoms with Gasteiger partial charge in [0.2, 0.25) is 0 Å². The number of carbonyl (C=O) groups excluding carboxylic acids is 3. The number of thiazole rings is 1. The zero-order valence-electron chi connectivity index (χ0n) is 34.5. The summed E-state index contributed by atoms with van der Waals surface area (Å²) in [5.41, 5.74) is 3.27. The minimum absolute atomic E-state index is 0.0113. The van der Waals surface area contributed by atoms with Crippen LogP contribution < -0.4 is 20.1 Å². The average Bonchev–Trinajstić information content (AvgIpc) is 4.02. The maximum Gasteiger partial charge on any atom is 0.355 e. The third-order valence-corrected chi connectivity index (χ3v) is 12.4. The van der Waals surface area contributed by atoms with Gasteiger partial charge in [-0.15, -0.1) is 23.1 Å². The quantitative estimate of drug-likeness (QED) is 0.0290. The van der Waals surface area contributed by atoms with E-state index in [1.54, 1.807) is 48.9 Å². The maximum absolute atomic E-state index is 14.1. The smallest absolute Gasteiger partial charge is 0.355 e. The number of oxime groups is 1. The van der Waals surface area contributed by atoms with Gasteiger partial charge in [-0.1, -0.05) is 114 Å². The molecular formula is C47H41FN6O8S2. The van der Waals surface area contributed by atoms with Crippen molar-refractivity contribution in [2.75, 3.05) is 38.6 Å². The summed E-state index contributed by atoms with van der Waals surface area (Å²) in [7, 11) is 2.87. The van der Waals surface area contributed by atoms with E-state index in [0.29, 0.717) is 22.0 Å². The molecule has 0 radical (unpaired) electrons. The van der Waals surface area contributed by atoms with Gasteiger partial charge in [0.1, 0.15) is 61.1 Å². The molecule has 2 atom stereocenters. The van der Waals surface area contributed by atoms with E-state index in [1.807, 2.05) is 54.6 Å². The first kappa shape index (κ1) is 43.4. The molecule has 326 valence electrons. The molecule has 1 saturated heterocycles. The number of esters is 1. The van der Waals surface area contributed by atoms with Crippen LogP contribution in [0.5, 0.6) is 11.6 Å². The minimum Gasteiger partial charge on any atom is -0.497 e. The van der Waals surface area contributed by atoms with Gasteiger partial charge in [0.15, 0.2) is 16.6 Å². The summed E-state index contributed by atoms with van der Waals surface area (Å²) >= 11 is 2.63. The number of nitrogens with one attached hydrogen (secondary N) is 2. The van der Waals surface area contributed by atoms with Crippen molar-refractivity contribution in [1.82, 2.24) is 20.4 Å². The molecule has 0 unspecified atom stereocenters. The number of aromatic nitrogens is 2. The number of β-lactam (4-membered cyclic amide) rings is 1. The largest absolute Gasteiger partial charge is 0.497 e. The first-order chi connectivity index (χ1) is 31.3. The standard InChI is InChI=1S/C47H41FN6O8S2/c1-58-35-21-18-30(19-22-35)27-61-45(57)41-31(20-23-36-26-38(52-62-36)60-25-24-48)28-63-44-40(43(56)54(41)44)50-42(55)39(53-59-2)37-29-64-46(49-37)51-47(32-12-6-3-7-13-32,33-14-8-4-9-15-33)34-16-10-5-11-17-34/h3-23,26,29,40,44H,24-25,27-28H2,1-2H3,(H,49,51)(H,50,55)/b23-20+,53-39-/t40-,44-/m1/s1. The second-order valence-corrected chi connectivity index (χ2v) is 16.2. The Kier molecular flexibility index (Phi) is 13.5. The molecule has 2 aliphatic heterocycles. The van der Waals surface area contributed by atoms with Crippen LogP contribution in [-0.4, -0.2) is 83.2 Å². The highest BCUT2D eigenvalue weighted by molar-refractivity contribution is 8.00. The lowest BCUT2D eigenvalue weighted by Crippen LogP contribution is -2.71. The summed E-state index contributed by atoms with van der Waals surface area (Å²) in [5.74, 6) is -0.709. The van der Waals surface area contributed by atoms with Crippen molar-refractivity contribution >= 4 is 57.8 Å². The van der Waals surface area contributed by atoms with E-state index in [9.17, 15) is 18.8 Å². The molecule has 1 fully saturated rings. The van der Waals surface area contributed by atoms with Gasteiger partial charge in [-0.3, -0.25) is 14.5 Å². The molecule has 0 saturated carbocycles. The fraction of sp³-hybridized carbons (Fsp3) is 0.191. The number of alkyl halides is 1.